The number of nitrogens with one attached hydrogen (secondary N) is 1. The molecule has 1 aliphatic carbocycles. The van der Waals surface area contributed by atoms with E-state index in [1.54, 1.807) is 0 Å². The number of ether oxygens (including phenoxy) is 1. The van der Waals surface area contributed by atoms with Crippen LogP contribution in [0.1, 0.15) is 51.9 Å². The number of aliphatic carboxylic acids is 1. The Kier molecular flexibility index (Phi) is 7.21. The molecule has 2 N–H and O–H groups in total. The molecule has 0 spiro atoms. The largest absolute Gasteiger partial charge is 0.481 e. The molecule has 0 aromatic rings. The van der Waals surface area contributed by atoms with Crippen LogP contribution >= 0.6 is 0 Å². The Morgan fingerprint density at radius 1 is 1.06 bits per heavy atom. The van der Waals surface area contributed by atoms with Crippen LogP contribution in [0.25, 0.3) is 0 Å². The van der Waals surface area contributed by atoms with Gasteiger partial charge in [-0.3, -0.25) is 4.79 Å². The minimum absolute atomic E-state index is 0.560. The van der Waals surface area contributed by atoms with Gasteiger partial charge in [-0.05, 0) is 38.8 Å². The molecular formula is C13H25NO3. The number of carbonyl (C=O) groups is 1. The van der Waals surface area contributed by atoms with Gasteiger partial charge in [0.1, 0.15) is 0 Å². The van der Waals surface area contributed by atoms with Crippen LogP contribution in [0.2, 0.25) is 0 Å². The van der Waals surface area contributed by atoms with Gasteiger partial charge >= 0.3 is 0 Å². The number of hydrogen-bond acceptors (Lipinski definition) is 3. The third kappa shape index (κ3) is 7.34. The zero-order valence-electron chi connectivity index (χ0n) is 10.8. The van der Waals surface area contributed by atoms with Gasteiger partial charge in [-0.2, -0.15) is 0 Å². The van der Waals surface area contributed by atoms with Gasteiger partial charge in [-0.15, -0.1) is 0 Å². The highest BCUT2D eigenvalue weighted by atomic mass is 16.5. The number of carboxylic acids is 1. The number of piperidine rings is 1. The second-order valence-corrected chi connectivity index (χ2v) is 4.86. The van der Waals surface area contributed by atoms with E-state index in [0.29, 0.717) is 12.2 Å². The zero-order valence-corrected chi connectivity index (χ0v) is 10.8. The smallest absolute Gasteiger partial charge is 0.300 e. The predicted octanol–water partition coefficient (Wildman–Crippen LogP) is 2.18. The lowest BCUT2D eigenvalue weighted by Gasteiger charge is -2.30. The maximum absolute atomic E-state index is 9.00. The molecule has 0 radical (unpaired) electrons. The fraction of sp³-hybridized carbons (Fsp3) is 0.923. The summed E-state index contributed by atoms with van der Waals surface area (Å²) >= 11 is 0. The van der Waals surface area contributed by atoms with Crippen molar-refractivity contribution in [3.8, 4) is 0 Å². The first-order valence-electron chi connectivity index (χ1n) is 6.74. The molecule has 2 fully saturated rings. The molecule has 100 valence electrons. The van der Waals surface area contributed by atoms with Crippen molar-refractivity contribution in [2.24, 2.45) is 0 Å². The van der Waals surface area contributed by atoms with Crippen molar-refractivity contribution in [1.29, 1.82) is 0 Å². The minimum atomic E-state index is -0.833. The molecular weight excluding hydrogens is 218 g/mol. The topological polar surface area (TPSA) is 58.6 Å². The minimum Gasteiger partial charge on any atom is -0.481 e. The molecule has 0 bridgehead atoms. The van der Waals surface area contributed by atoms with Crippen LogP contribution in [-0.4, -0.2) is 36.4 Å². The van der Waals surface area contributed by atoms with Gasteiger partial charge in [0.25, 0.3) is 5.97 Å². The quantitative estimate of drug-likeness (QED) is 0.780. The summed E-state index contributed by atoms with van der Waals surface area (Å²) in [5.74, 6) is -0.833. The third-order valence-electron chi connectivity index (χ3n) is 3.22. The molecule has 17 heavy (non-hydrogen) atoms. The summed E-state index contributed by atoms with van der Waals surface area (Å²) in [6, 6.07) is 0. The number of rotatable bonds is 2. The van der Waals surface area contributed by atoms with Gasteiger partial charge in [0.2, 0.25) is 0 Å². The summed E-state index contributed by atoms with van der Waals surface area (Å²) in [6.07, 6.45) is 10.4. The van der Waals surface area contributed by atoms with Crippen LogP contribution < -0.4 is 5.32 Å². The summed E-state index contributed by atoms with van der Waals surface area (Å²) in [5.41, 5.74) is 0. The van der Waals surface area contributed by atoms with Gasteiger partial charge in [0.05, 0.1) is 12.2 Å². The molecule has 0 atom stereocenters. The Hall–Kier alpha value is -0.610. The van der Waals surface area contributed by atoms with E-state index in [1.165, 1.54) is 44.9 Å². The Morgan fingerprint density at radius 2 is 1.53 bits per heavy atom. The predicted molar refractivity (Wildman–Crippen MR) is 67.2 cm³/mol. The highest BCUT2D eigenvalue weighted by molar-refractivity contribution is 5.62. The third-order valence-corrected chi connectivity index (χ3v) is 3.22. The van der Waals surface area contributed by atoms with Crippen LogP contribution in [-0.2, 0) is 9.53 Å². The summed E-state index contributed by atoms with van der Waals surface area (Å²) in [5, 5.41) is 10.8. The van der Waals surface area contributed by atoms with Crippen LogP contribution in [0.5, 0.6) is 0 Å². The maximum atomic E-state index is 9.00. The van der Waals surface area contributed by atoms with Crippen LogP contribution in [0.15, 0.2) is 0 Å². The number of carboxylic acid groups (broad SMARTS) is 1. The van der Waals surface area contributed by atoms with Crippen molar-refractivity contribution in [2.75, 3.05) is 13.1 Å². The van der Waals surface area contributed by atoms with Crippen molar-refractivity contribution in [3.63, 3.8) is 0 Å². The molecule has 2 rings (SSSR count). The lowest BCUT2D eigenvalue weighted by atomic mass is 9.97. The number of hydrogen-bond donors (Lipinski definition) is 2. The van der Waals surface area contributed by atoms with Gasteiger partial charge in [0.15, 0.2) is 0 Å². The lowest BCUT2D eigenvalue weighted by Crippen LogP contribution is -2.35. The molecule has 1 saturated carbocycles. The summed E-state index contributed by atoms with van der Waals surface area (Å²) in [6.45, 7) is 3.38. The summed E-state index contributed by atoms with van der Waals surface area (Å²) in [7, 11) is 0. The SMILES string of the molecule is C1CCC(OC2CCNCC2)CC1.CC(=O)O. The fourth-order valence-corrected chi connectivity index (χ4v) is 2.40. The Morgan fingerprint density at radius 3 is 2.06 bits per heavy atom. The second kappa shape index (κ2) is 8.48. The molecule has 1 heterocycles. The molecule has 0 unspecified atom stereocenters. The first-order chi connectivity index (χ1) is 8.18. The van der Waals surface area contributed by atoms with Crippen molar-refractivity contribution in [1.82, 2.24) is 5.32 Å². The zero-order chi connectivity index (χ0) is 12.5. The standard InChI is InChI=1S/C11H21NO.C2H4O2/c1-2-4-10(5-3-1)13-11-6-8-12-9-7-11;1-2(3)4/h10-12H,1-9H2;1H3,(H,3,4). The first kappa shape index (κ1) is 14.5. The highest BCUT2D eigenvalue weighted by Crippen LogP contribution is 2.23. The van der Waals surface area contributed by atoms with E-state index in [0.717, 1.165) is 20.0 Å². The second-order valence-electron chi connectivity index (χ2n) is 4.86. The van der Waals surface area contributed by atoms with E-state index in [9.17, 15) is 0 Å². The normalized spacial score (nSPS) is 22.6. The molecule has 0 amide bonds. The van der Waals surface area contributed by atoms with Crippen molar-refractivity contribution < 1.29 is 14.6 Å². The monoisotopic (exact) mass is 243 g/mol. The van der Waals surface area contributed by atoms with E-state index in [1.807, 2.05) is 0 Å². The van der Waals surface area contributed by atoms with Crippen LogP contribution in [0.4, 0.5) is 0 Å². The lowest BCUT2D eigenvalue weighted by molar-refractivity contribution is -0.134. The Bertz CT molecular complexity index is 189. The van der Waals surface area contributed by atoms with Crippen molar-refractivity contribution in [3.05, 3.63) is 0 Å². The molecule has 1 saturated heterocycles. The highest BCUT2D eigenvalue weighted by Gasteiger charge is 2.20. The van der Waals surface area contributed by atoms with Crippen LogP contribution in [0.3, 0.4) is 0 Å². The average molecular weight is 243 g/mol. The van der Waals surface area contributed by atoms with E-state index < -0.39 is 5.97 Å². The average Bonchev–Trinajstić information content (AvgIpc) is 2.31. The first-order valence-corrected chi connectivity index (χ1v) is 6.74. The van der Waals surface area contributed by atoms with Crippen molar-refractivity contribution >= 4 is 5.97 Å². The van der Waals surface area contributed by atoms with Gasteiger partial charge in [0, 0.05) is 6.92 Å². The summed E-state index contributed by atoms with van der Waals surface area (Å²) in [4.78, 5) is 9.00. The Labute approximate surface area is 104 Å². The Balaban J connectivity index is 0.000000317. The molecule has 4 heteroatoms. The van der Waals surface area contributed by atoms with E-state index in [-0.39, 0.29) is 0 Å². The molecule has 2 aliphatic rings. The van der Waals surface area contributed by atoms with E-state index in [4.69, 9.17) is 14.6 Å². The van der Waals surface area contributed by atoms with Gasteiger partial charge in [-0.1, -0.05) is 19.3 Å². The van der Waals surface area contributed by atoms with E-state index >= 15 is 0 Å². The van der Waals surface area contributed by atoms with Gasteiger partial charge in [-0.25, -0.2) is 0 Å². The maximum Gasteiger partial charge on any atom is 0.300 e. The molecule has 4 nitrogen and oxygen atoms in total. The fourth-order valence-electron chi connectivity index (χ4n) is 2.40. The van der Waals surface area contributed by atoms with Crippen LogP contribution in [0, 0.1) is 0 Å². The molecule has 0 aromatic carbocycles. The van der Waals surface area contributed by atoms with Gasteiger partial charge < -0.3 is 15.2 Å². The summed E-state index contributed by atoms with van der Waals surface area (Å²) < 4.78 is 6.09. The van der Waals surface area contributed by atoms with E-state index in [2.05, 4.69) is 5.32 Å². The van der Waals surface area contributed by atoms with Crippen molar-refractivity contribution in [2.45, 2.75) is 64.1 Å². The molecule has 0 aromatic heterocycles. The molecule has 1 aliphatic heterocycles.